The maximum absolute atomic E-state index is 13.1. The van der Waals surface area contributed by atoms with Crippen LogP contribution in [0.2, 0.25) is 0 Å². The number of hydrogen-bond donors (Lipinski definition) is 0. The van der Waals surface area contributed by atoms with Gasteiger partial charge in [-0.1, -0.05) is 38.1 Å². The number of amides is 1. The number of allylic oxidation sites excluding steroid dienone is 1. The first-order valence-corrected chi connectivity index (χ1v) is 9.02. The van der Waals surface area contributed by atoms with E-state index in [0.29, 0.717) is 5.70 Å². The van der Waals surface area contributed by atoms with Crippen molar-refractivity contribution in [2.75, 3.05) is 13.2 Å². The zero-order valence-corrected chi connectivity index (χ0v) is 16.2. The van der Waals surface area contributed by atoms with Gasteiger partial charge >= 0.3 is 12.1 Å². The molecular weight excluding hydrogens is 371 g/mol. The van der Waals surface area contributed by atoms with Crippen LogP contribution in [-0.2, 0) is 20.5 Å². The fourth-order valence-corrected chi connectivity index (χ4v) is 3.17. The van der Waals surface area contributed by atoms with Crippen molar-refractivity contribution in [1.29, 1.82) is 0 Å². The van der Waals surface area contributed by atoms with Crippen LogP contribution in [0.4, 0.5) is 13.2 Å². The third-order valence-corrected chi connectivity index (χ3v) is 4.52. The van der Waals surface area contributed by atoms with E-state index in [4.69, 9.17) is 4.74 Å². The summed E-state index contributed by atoms with van der Waals surface area (Å²) in [6.07, 6.45) is -3.09. The molecule has 0 radical (unpaired) electrons. The molecule has 1 amide bonds. The number of carbonyl (C=O) groups is 2. The summed E-state index contributed by atoms with van der Waals surface area (Å²) in [5, 5.41) is 0. The van der Waals surface area contributed by atoms with Crippen LogP contribution in [0.5, 0.6) is 0 Å². The largest absolute Gasteiger partial charge is 0.462 e. The van der Waals surface area contributed by atoms with E-state index >= 15 is 0 Å². The molecule has 1 atom stereocenters. The van der Waals surface area contributed by atoms with Crippen molar-refractivity contribution < 1.29 is 27.5 Å². The van der Waals surface area contributed by atoms with Crippen molar-refractivity contribution in [3.05, 3.63) is 59.3 Å². The lowest BCUT2D eigenvalue weighted by Crippen LogP contribution is -2.38. The molecule has 2 rings (SSSR count). The summed E-state index contributed by atoms with van der Waals surface area (Å²) >= 11 is 0. The Morgan fingerprint density at radius 1 is 1.39 bits per heavy atom. The maximum Gasteiger partial charge on any atom is 0.416 e. The molecule has 0 N–H and O–H groups in total. The van der Waals surface area contributed by atoms with Crippen LogP contribution in [0, 0.1) is 5.92 Å². The highest BCUT2D eigenvalue weighted by atomic mass is 19.4. The number of ether oxygens (including phenoxy) is 1. The molecular formula is C21H24F3NO3. The van der Waals surface area contributed by atoms with Crippen molar-refractivity contribution in [1.82, 2.24) is 4.90 Å². The number of rotatable bonds is 6. The van der Waals surface area contributed by atoms with Crippen LogP contribution >= 0.6 is 0 Å². The molecule has 1 unspecified atom stereocenters. The molecule has 0 spiro atoms. The fourth-order valence-electron chi connectivity index (χ4n) is 3.17. The van der Waals surface area contributed by atoms with Crippen molar-refractivity contribution >= 4 is 11.9 Å². The van der Waals surface area contributed by atoms with Crippen molar-refractivity contribution in [2.24, 2.45) is 5.92 Å². The zero-order valence-electron chi connectivity index (χ0n) is 16.2. The molecule has 1 aliphatic rings. The van der Waals surface area contributed by atoms with Crippen LogP contribution in [0.3, 0.4) is 0 Å². The third kappa shape index (κ3) is 4.82. The Hall–Kier alpha value is -2.57. The molecule has 0 aliphatic carbocycles. The molecule has 4 nitrogen and oxygen atoms in total. The SMILES string of the molecule is C=CCN1C(=O)CC(c2cccc(C(F)(F)F)c2)C(C(=O)OCC(C)C)=C1C. The van der Waals surface area contributed by atoms with Crippen LogP contribution in [-0.4, -0.2) is 29.9 Å². The molecule has 152 valence electrons. The Labute approximate surface area is 162 Å². The summed E-state index contributed by atoms with van der Waals surface area (Å²) < 4.78 is 44.7. The van der Waals surface area contributed by atoms with Gasteiger partial charge < -0.3 is 9.64 Å². The van der Waals surface area contributed by atoms with Crippen LogP contribution < -0.4 is 0 Å². The topological polar surface area (TPSA) is 46.6 Å². The first-order valence-electron chi connectivity index (χ1n) is 9.02. The lowest BCUT2D eigenvalue weighted by Gasteiger charge is -2.34. The van der Waals surface area contributed by atoms with Crippen molar-refractivity contribution in [2.45, 2.75) is 39.3 Å². The normalized spacial score (nSPS) is 17.9. The van der Waals surface area contributed by atoms with Crippen LogP contribution in [0.25, 0.3) is 0 Å². The Bertz CT molecular complexity index is 796. The van der Waals surface area contributed by atoms with Gasteiger partial charge in [-0.2, -0.15) is 13.2 Å². The number of carbonyl (C=O) groups excluding carboxylic acids is 2. The Kier molecular flexibility index (Phi) is 6.69. The summed E-state index contributed by atoms with van der Waals surface area (Å²) in [5.74, 6) is -1.59. The summed E-state index contributed by atoms with van der Waals surface area (Å²) in [5.41, 5.74) is 0.0320. The van der Waals surface area contributed by atoms with E-state index in [1.165, 1.54) is 23.1 Å². The summed E-state index contributed by atoms with van der Waals surface area (Å²) in [7, 11) is 0. The molecule has 1 heterocycles. The minimum absolute atomic E-state index is 0.103. The molecule has 0 fully saturated rings. The van der Waals surface area contributed by atoms with Crippen LogP contribution in [0.1, 0.15) is 44.2 Å². The van der Waals surface area contributed by atoms with Gasteiger partial charge in [0.05, 0.1) is 17.7 Å². The molecule has 7 heteroatoms. The quantitative estimate of drug-likeness (QED) is 0.519. The van der Waals surface area contributed by atoms with E-state index in [-0.39, 0.29) is 42.5 Å². The van der Waals surface area contributed by atoms with E-state index < -0.39 is 23.6 Å². The second-order valence-electron chi connectivity index (χ2n) is 7.16. The number of esters is 1. The lowest BCUT2D eigenvalue weighted by molar-refractivity contribution is -0.141. The number of alkyl halides is 3. The molecule has 0 saturated heterocycles. The number of halogens is 3. The smallest absolute Gasteiger partial charge is 0.416 e. The number of hydrogen-bond acceptors (Lipinski definition) is 3. The Morgan fingerprint density at radius 3 is 2.64 bits per heavy atom. The number of benzene rings is 1. The first kappa shape index (κ1) is 21.7. The average Bonchev–Trinajstić information content (AvgIpc) is 2.62. The van der Waals surface area contributed by atoms with E-state index in [1.54, 1.807) is 6.92 Å². The zero-order chi connectivity index (χ0) is 21.1. The van der Waals surface area contributed by atoms with Gasteiger partial charge in [-0.15, -0.1) is 6.58 Å². The van der Waals surface area contributed by atoms with E-state index in [0.717, 1.165) is 12.1 Å². The van der Waals surface area contributed by atoms with Gasteiger partial charge in [-0.25, -0.2) is 4.79 Å². The van der Waals surface area contributed by atoms with Gasteiger partial charge in [0, 0.05) is 24.6 Å². The van der Waals surface area contributed by atoms with Gasteiger partial charge in [0.1, 0.15) is 0 Å². The third-order valence-electron chi connectivity index (χ3n) is 4.52. The highest BCUT2D eigenvalue weighted by Crippen LogP contribution is 2.39. The molecule has 1 aromatic rings. The van der Waals surface area contributed by atoms with Crippen molar-refractivity contribution in [3.63, 3.8) is 0 Å². The second-order valence-corrected chi connectivity index (χ2v) is 7.16. The fraction of sp³-hybridized carbons (Fsp3) is 0.429. The predicted octanol–water partition coefficient (Wildman–Crippen LogP) is 4.68. The monoisotopic (exact) mass is 395 g/mol. The van der Waals surface area contributed by atoms with E-state index in [9.17, 15) is 22.8 Å². The van der Waals surface area contributed by atoms with Gasteiger partial charge in [0.2, 0.25) is 5.91 Å². The van der Waals surface area contributed by atoms with E-state index in [1.807, 2.05) is 13.8 Å². The van der Waals surface area contributed by atoms with Gasteiger partial charge in [0.25, 0.3) is 0 Å². The second kappa shape index (κ2) is 8.63. The molecule has 28 heavy (non-hydrogen) atoms. The standard InChI is InChI=1S/C21H24F3NO3/c1-5-9-25-14(4)19(20(27)28-12-13(2)3)17(11-18(25)26)15-7-6-8-16(10-15)21(22,23)24/h5-8,10,13,17H,1,9,11-12H2,2-4H3. The first-order chi connectivity index (χ1) is 13.1. The molecule has 1 aliphatic heterocycles. The summed E-state index contributed by atoms with van der Waals surface area (Å²) in [6.45, 7) is 9.37. The maximum atomic E-state index is 13.1. The minimum Gasteiger partial charge on any atom is -0.462 e. The van der Waals surface area contributed by atoms with E-state index in [2.05, 4.69) is 6.58 Å². The molecule has 0 saturated carbocycles. The lowest BCUT2D eigenvalue weighted by atomic mass is 9.83. The summed E-state index contributed by atoms with van der Waals surface area (Å²) in [6, 6.07) is 4.74. The number of nitrogens with zero attached hydrogens (tertiary/aromatic N) is 1. The Morgan fingerprint density at radius 2 is 2.07 bits per heavy atom. The molecule has 0 aromatic heterocycles. The molecule has 0 bridgehead atoms. The predicted molar refractivity (Wildman–Crippen MR) is 99.2 cm³/mol. The highest BCUT2D eigenvalue weighted by molar-refractivity contribution is 5.96. The van der Waals surface area contributed by atoms with Gasteiger partial charge in [-0.05, 0) is 24.5 Å². The summed E-state index contributed by atoms with van der Waals surface area (Å²) in [4.78, 5) is 26.7. The Balaban J connectivity index is 2.52. The minimum atomic E-state index is -4.51. The molecule has 1 aromatic carbocycles. The van der Waals surface area contributed by atoms with Gasteiger partial charge in [0.15, 0.2) is 0 Å². The van der Waals surface area contributed by atoms with Crippen molar-refractivity contribution in [3.8, 4) is 0 Å². The van der Waals surface area contributed by atoms with Crippen LogP contribution in [0.15, 0.2) is 48.2 Å². The van der Waals surface area contributed by atoms with Gasteiger partial charge in [-0.3, -0.25) is 4.79 Å². The average molecular weight is 395 g/mol. The highest BCUT2D eigenvalue weighted by Gasteiger charge is 2.38.